The summed E-state index contributed by atoms with van der Waals surface area (Å²) in [5, 5.41) is 18.3. The van der Waals surface area contributed by atoms with E-state index >= 15 is 0 Å². The van der Waals surface area contributed by atoms with Crippen LogP contribution >= 0.6 is 7.82 Å². The molecule has 0 spiro atoms. The second kappa shape index (κ2) is 37.5. The molecule has 0 aliphatic rings. The molecule has 0 aromatic rings. The maximum Gasteiger partial charge on any atom is 0.472 e. The van der Waals surface area contributed by atoms with Gasteiger partial charge < -0.3 is 24.6 Å². The van der Waals surface area contributed by atoms with Gasteiger partial charge in [0.05, 0.1) is 26.1 Å². The van der Waals surface area contributed by atoms with Crippen LogP contribution in [-0.4, -0.2) is 59.7 Å². The van der Waals surface area contributed by atoms with Gasteiger partial charge in [0.2, 0.25) is 0 Å². The zero-order chi connectivity index (χ0) is 36.8. The van der Waals surface area contributed by atoms with Gasteiger partial charge in [-0.1, -0.05) is 154 Å². The van der Waals surface area contributed by atoms with Crippen LogP contribution in [0.5, 0.6) is 0 Å². The number of phosphoric acid groups is 1. The molecule has 296 valence electrons. The number of aliphatic hydroxyl groups is 2. The SMILES string of the molecule is CCCC/C=C\CCCCCCCC(=O)O[C@H](CO/C=C\CCCCCCCCCCCCCCCCCC)COP(=O)(O)OC[C@@H](O)CO. The Morgan fingerprint density at radius 2 is 1.04 bits per heavy atom. The minimum Gasteiger partial charge on any atom is -0.498 e. The molecule has 0 amide bonds. The second-order valence-electron chi connectivity index (χ2n) is 13.7. The zero-order valence-electron chi connectivity index (χ0n) is 32.1. The number of aliphatic hydroxyl groups excluding tert-OH is 2. The van der Waals surface area contributed by atoms with Crippen molar-refractivity contribution in [3.05, 3.63) is 24.5 Å². The van der Waals surface area contributed by atoms with Crippen molar-refractivity contribution in [2.24, 2.45) is 0 Å². The lowest BCUT2D eigenvalue weighted by molar-refractivity contribution is -0.153. The van der Waals surface area contributed by atoms with E-state index < -0.39 is 45.8 Å². The van der Waals surface area contributed by atoms with Gasteiger partial charge in [0.15, 0.2) is 6.10 Å². The molecule has 3 atom stereocenters. The van der Waals surface area contributed by atoms with Gasteiger partial charge in [-0.3, -0.25) is 13.8 Å². The highest BCUT2D eigenvalue weighted by Crippen LogP contribution is 2.43. The Morgan fingerprint density at radius 3 is 1.56 bits per heavy atom. The molecular weight excluding hydrogens is 655 g/mol. The fourth-order valence-electron chi connectivity index (χ4n) is 5.54. The van der Waals surface area contributed by atoms with Crippen molar-refractivity contribution in [3.8, 4) is 0 Å². The number of ether oxygens (including phenoxy) is 2. The molecule has 0 fully saturated rings. The molecule has 0 heterocycles. The number of carbonyl (C=O) groups is 1. The van der Waals surface area contributed by atoms with Crippen molar-refractivity contribution >= 4 is 13.8 Å². The third-order valence-corrected chi connectivity index (χ3v) is 9.65. The summed E-state index contributed by atoms with van der Waals surface area (Å²) >= 11 is 0. The van der Waals surface area contributed by atoms with Gasteiger partial charge in [0.25, 0.3) is 0 Å². The standard InChI is InChI=1S/C40H77O9P/c1-3-5-7-9-11-13-15-16-17-18-19-20-21-23-25-27-29-31-33-46-36-39(37-48-50(44,45)47-35-38(42)34-41)49-40(43)32-30-28-26-24-22-14-12-10-8-6-4-2/h10,12,31,33,38-39,41-42H,3-9,11,13-30,32,34-37H2,1-2H3,(H,44,45)/b12-10-,33-31-/t38-,39+/m0/s1. The molecule has 1 unspecified atom stereocenters. The summed E-state index contributed by atoms with van der Waals surface area (Å²) in [6, 6.07) is 0. The lowest BCUT2D eigenvalue weighted by Gasteiger charge is -2.20. The molecule has 9 nitrogen and oxygen atoms in total. The molecule has 3 N–H and O–H groups in total. The molecule has 10 heteroatoms. The van der Waals surface area contributed by atoms with Crippen LogP contribution in [0.1, 0.15) is 187 Å². The van der Waals surface area contributed by atoms with Crippen molar-refractivity contribution < 1.29 is 43.0 Å². The van der Waals surface area contributed by atoms with Crippen molar-refractivity contribution in [2.45, 2.75) is 199 Å². The molecular formula is C40H77O9P. The highest BCUT2D eigenvalue weighted by molar-refractivity contribution is 7.47. The Bertz CT molecular complexity index is 836. The van der Waals surface area contributed by atoms with Gasteiger partial charge in [-0.05, 0) is 44.6 Å². The van der Waals surface area contributed by atoms with Gasteiger partial charge in [0, 0.05) is 6.42 Å². The van der Waals surface area contributed by atoms with Crippen molar-refractivity contribution in [1.82, 2.24) is 0 Å². The number of hydrogen-bond donors (Lipinski definition) is 3. The fourth-order valence-corrected chi connectivity index (χ4v) is 6.33. The molecule has 50 heavy (non-hydrogen) atoms. The molecule has 0 saturated carbocycles. The highest BCUT2D eigenvalue weighted by Gasteiger charge is 2.26. The Hall–Kier alpha value is -1.22. The lowest BCUT2D eigenvalue weighted by Crippen LogP contribution is -2.28. The topological polar surface area (TPSA) is 132 Å². The normalized spacial score (nSPS) is 14.3. The van der Waals surface area contributed by atoms with Crippen LogP contribution in [-0.2, 0) is 27.9 Å². The first kappa shape index (κ1) is 48.8. The smallest absolute Gasteiger partial charge is 0.472 e. The van der Waals surface area contributed by atoms with Crippen LogP contribution in [0, 0.1) is 0 Å². The molecule has 0 radical (unpaired) electrons. The maximum atomic E-state index is 12.5. The zero-order valence-corrected chi connectivity index (χ0v) is 33.0. The number of carbonyl (C=O) groups excluding carboxylic acids is 1. The molecule has 0 rings (SSSR count). The average molecular weight is 733 g/mol. The summed E-state index contributed by atoms with van der Waals surface area (Å²) in [5.74, 6) is -0.414. The Balaban J connectivity index is 4.20. The molecule has 0 saturated heterocycles. The molecule has 0 aromatic heterocycles. The Morgan fingerprint density at radius 1 is 0.600 bits per heavy atom. The van der Waals surface area contributed by atoms with E-state index in [9.17, 15) is 19.4 Å². The van der Waals surface area contributed by atoms with Crippen LogP contribution in [0.4, 0.5) is 0 Å². The minimum absolute atomic E-state index is 0.0355. The highest BCUT2D eigenvalue weighted by atomic mass is 31.2. The monoisotopic (exact) mass is 733 g/mol. The average Bonchev–Trinajstić information content (AvgIpc) is 3.10. The molecule has 0 aromatic carbocycles. The van der Waals surface area contributed by atoms with Gasteiger partial charge in [-0.2, -0.15) is 0 Å². The number of rotatable bonds is 39. The fraction of sp³-hybridized carbons (Fsp3) is 0.875. The largest absolute Gasteiger partial charge is 0.498 e. The first-order valence-corrected chi connectivity index (χ1v) is 21.9. The number of unbranched alkanes of at least 4 members (excludes halogenated alkanes) is 23. The van der Waals surface area contributed by atoms with Crippen molar-refractivity contribution in [2.75, 3.05) is 26.4 Å². The number of hydrogen-bond acceptors (Lipinski definition) is 8. The van der Waals surface area contributed by atoms with Gasteiger partial charge >= 0.3 is 13.8 Å². The Kier molecular flexibility index (Phi) is 36.6. The van der Waals surface area contributed by atoms with Gasteiger partial charge in [-0.15, -0.1) is 0 Å². The summed E-state index contributed by atoms with van der Waals surface area (Å²) in [4.78, 5) is 22.4. The van der Waals surface area contributed by atoms with Crippen molar-refractivity contribution in [3.63, 3.8) is 0 Å². The summed E-state index contributed by atoms with van der Waals surface area (Å²) < 4.78 is 33.0. The first-order chi connectivity index (χ1) is 24.3. The Labute approximate surface area is 306 Å². The van der Waals surface area contributed by atoms with E-state index in [0.717, 1.165) is 51.4 Å². The van der Waals surface area contributed by atoms with Crippen LogP contribution < -0.4 is 0 Å². The van der Waals surface area contributed by atoms with Gasteiger partial charge in [0.1, 0.15) is 12.7 Å². The number of allylic oxidation sites excluding steroid dienone is 3. The summed E-state index contributed by atoms with van der Waals surface area (Å²) in [5.41, 5.74) is 0. The number of esters is 1. The van der Waals surface area contributed by atoms with E-state index in [-0.39, 0.29) is 13.0 Å². The van der Waals surface area contributed by atoms with Crippen LogP contribution in [0.3, 0.4) is 0 Å². The molecule has 0 aliphatic heterocycles. The quantitative estimate of drug-likeness (QED) is 0.0186. The van der Waals surface area contributed by atoms with E-state index in [1.807, 2.05) is 6.08 Å². The van der Waals surface area contributed by atoms with Crippen molar-refractivity contribution in [1.29, 1.82) is 0 Å². The molecule has 0 aliphatic carbocycles. The van der Waals surface area contributed by atoms with Crippen LogP contribution in [0.25, 0.3) is 0 Å². The van der Waals surface area contributed by atoms with E-state index in [1.165, 1.54) is 109 Å². The van der Waals surface area contributed by atoms with E-state index in [2.05, 4.69) is 26.0 Å². The maximum absolute atomic E-state index is 12.5. The van der Waals surface area contributed by atoms with Crippen LogP contribution in [0.15, 0.2) is 24.5 Å². The third-order valence-electron chi connectivity index (χ3n) is 8.70. The predicted molar refractivity (Wildman–Crippen MR) is 205 cm³/mol. The third kappa shape index (κ3) is 36.6. The van der Waals surface area contributed by atoms with E-state index in [0.29, 0.717) is 6.42 Å². The number of phosphoric ester groups is 1. The molecule has 0 bridgehead atoms. The van der Waals surface area contributed by atoms with E-state index in [4.69, 9.17) is 23.6 Å². The first-order valence-electron chi connectivity index (χ1n) is 20.4. The minimum atomic E-state index is -4.53. The lowest BCUT2D eigenvalue weighted by atomic mass is 10.0. The summed E-state index contributed by atoms with van der Waals surface area (Å²) in [6.07, 6.45) is 38.0. The van der Waals surface area contributed by atoms with Gasteiger partial charge in [-0.25, -0.2) is 4.57 Å². The summed E-state index contributed by atoms with van der Waals surface area (Å²) in [6.45, 7) is 2.84. The summed E-state index contributed by atoms with van der Waals surface area (Å²) in [7, 11) is -4.53. The van der Waals surface area contributed by atoms with Crippen LogP contribution in [0.2, 0.25) is 0 Å². The second-order valence-corrected chi connectivity index (χ2v) is 15.2. The predicted octanol–water partition coefficient (Wildman–Crippen LogP) is 11.0. The van der Waals surface area contributed by atoms with E-state index in [1.54, 1.807) is 6.26 Å².